The molecular formula is C15H21NO2. The van der Waals surface area contributed by atoms with Crippen molar-refractivity contribution in [3.05, 3.63) is 29.3 Å². The van der Waals surface area contributed by atoms with Crippen LogP contribution < -0.4 is 5.32 Å². The third-order valence-electron chi connectivity index (χ3n) is 3.69. The lowest BCUT2D eigenvalue weighted by molar-refractivity contribution is -0.117. The number of hydrogen-bond donors (Lipinski definition) is 1. The number of hydrogen-bond acceptors (Lipinski definition) is 2. The number of carbonyl (C=O) groups is 1. The minimum Gasteiger partial charge on any atom is -0.381 e. The van der Waals surface area contributed by atoms with E-state index in [4.69, 9.17) is 4.74 Å². The molecule has 1 aliphatic heterocycles. The third kappa shape index (κ3) is 3.33. The number of benzene rings is 1. The fraction of sp³-hybridized carbons (Fsp3) is 0.533. The van der Waals surface area contributed by atoms with E-state index in [1.807, 2.05) is 19.1 Å². The molecule has 1 aromatic carbocycles. The van der Waals surface area contributed by atoms with Crippen molar-refractivity contribution in [1.82, 2.24) is 0 Å². The first-order chi connectivity index (χ1) is 8.66. The molecule has 3 heteroatoms. The van der Waals surface area contributed by atoms with E-state index in [-0.39, 0.29) is 5.91 Å². The normalized spacial score (nSPS) is 16.6. The quantitative estimate of drug-likeness (QED) is 0.891. The Kier molecular flexibility index (Phi) is 4.37. The van der Waals surface area contributed by atoms with Crippen molar-refractivity contribution in [2.24, 2.45) is 5.92 Å². The van der Waals surface area contributed by atoms with Crippen molar-refractivity contribution in [3.8, 4) is 0 Å². The Morgan fingerprint density at radius 3 is 2.78 bits per heavy atom. The average Bonchev–Trinajstić information content (AvgIpc) is 2.36. The second kappa shape index (κ2) is 6.01. The van der Waals surface area contributed by atoms with Crippen LogP contribution in [0.15, 0.2) is 18.2 Å². The van der Waals surface area contributed by atoms with Gasteiger partial charge in [0.15, 0.2) is 0 Å². The van der Waals surface area contributed by atoms with E-state index >= 15 is 0 Å². The number of nitrogens with one attached hydrogen (secondary N) is 1. The molecule has 1 amide bonds. The summed E-state index contributed by atoms with van der Waals surface area (Å²) < 4.78 is 5.30. The molecule has 0 bridgehead atoms. The maximum absolute atomic E-state index is 12.0. The highest BCUT2D eigenvalue weighted by molar-refractivity contribution is 5.91. The van der Waals surface area contributed by atoms with Crippen molar-refractivity contribution in [2.45, 2.75) is 33.1 Å². The van der Waals surface area contributed by atoms with E-state index in [0.717, 1.165) is 37.3 Å². The van der Waals surface area contributed by atoms with Crippen LogP contribution in [0.2, 0.25) is 0 Å². The Morgan fingerprint density at radius 1 is 1.33 bits per heavy atom. The molecule has 1 saturated heterocycles. The molecule has 0 atom stereocenters. The molecular weight excluding hydrogens is 226 g/mol. The first-order valence-corrected chi connectivity index (χ1v) is 6.60. The molecule has 0 aromatic heterocycles. The highest BCUT2D eigenvalue weighted by Crippen LogP contribution is 2.21. The van der Waals surface area contributed by atoms with E-state index in [1.165, 1.54) is 5.56 Å². The monoisotopic (exact) mass is 247 g/mol. The second-order valence-corrected chi connectivity index (χ2v) is 5.06. The zero-order valence-electron chi connectivity index (χ0n) is 11.2. The van der Waals surface area contributed by atoms with Gasteiger partial charge in [-0.15, -0.1) is 0 Å². The maximum Gasteiger partial charge on any atom is 0.224 e. The van der Waals surface area contributed by atoms with E-state index in [2.05, 4.69) is 18.3 Å². The Hall–Kier alpha value is -1.35. The van der Waals surface area contributed by atoms with Gasteiger partial charge < -0.3 is 10.1 Å². The summed E-state index contributed by atoms with van der Waals surface area (Å²) in [6, 6.07) is 6.00. The van der Waals surface area contributed by atoms with Crippen LogP contribution in [0.1, 0.15) is 30.4 Å². The number of rotatable bonds is 3. The van der Waals surface area contributed by atoms with Gasteiger partial charge in [0, 0.05) is 25.3 Å². The van der Waals surface area contributed by atoms with E-state index in [9.17, 15) is 4.79 Å². The average molecular weight is 247 g/mol. The van der Waals surface area contributed by atoms with Crippen LogP contribution >= 0.6 is 0 Å². The molecule has 0 unspecified atom stereocenters. The number of aryl methyl sites for hydroxylation is 1. The van der Waals surface area contributed by atoms with Gasteiger partial charge in [-0.2, -0.15) is 0 Å². The van der Waals surface area contributed by atoms with Gasteiger partial charge >= 0.3 is 0 Å². The van der Waals surface area contributed by atoms with E-state index in [0.29, 0.717) is 12.3 Å². The van der Waals surface area contributed by atoms with Gasteiger partial charge in [0.2, 0.25) is 5.91 Å². The van der Waals surface area contributed by atoms with Crippen LogP contribution in [-0.4, -0.2) is 19.1 Å². The molecule has 0 radical (unpaired) electrons. The Morgan fingerprint density at radius 2 is 2.06 bits per heavy atom. The van der Waals surface area contributed by atoms with Gasteiger partial charge in [0.05, 0.1) is 0 Å². The zero-order chi connectivity index (χ0) is 13.0. The number of ether oxygens (including phenoxy) is 1. The minimum absolute atomic E-state index is 0.121. The number of amides is 1. The molecule has 0 spiro atoms. The fourth-order valence-corrected chi connectivity index (χ4v) is 2.30. The van der Waals surface area contributed by atoms with Gasteiger partial charge in [-0.05, 0) is 49.8 Å². The largest absolute Gasteiger partial charge is 0.381 e. The van der Waals surface area contributed by atoms with Crippen molar-refractivity contribution >= 4 is 11.6 Å². The Balaban J connectivity index is 1.92. The number of carbonyl (C=O) groups excluding carboxylic acids is 1. The third-order valence-corrected chi connectivity index (χ3v) is 3.69. The molecule has 0 aliphatic carbocycles. The highest BCUT2D eigenvalue weighted by Gasteiger charge is 2.17. The van der Waals surface area contributed by atoms with Crippen molar-refractivity contribution in [1.29, 1.82) is 0 Å². The molecule has 1 N–H and O–H groups in total. The lowest BCUT2D eigenvalue weighted by Gasteiger charge is -2.21. The Labute approximate surface area is 109 Å². The highest BCUT2D eigenvalue weighted by atomic mass is 16.5. The summed E-state index contributed by atoms with van der Waals surface area (Å²) in [5, 5.41) is 3.02. The zero-order valence-corrected chi connectivity index (χ0v) is 11.2. The summed E-state index contributed by atoms with van der Waals surface area (Å²) in [5.74, 6) is 0.597. The molecule has 1 aliphatic rings. The van der Waals surface area contributed by atoms with Crippen LogP contribution in [0.4, 0.5) is 5.69 Å². The SMILES string of the molecule is Cc1cccc(NC(=O)CC2CCOCC2)c1C. The van der Waals surface area contributed by atoms with Crippen LogP contribution in [0.5, 0.6) is 0 Å². The first kappa shape index (κ1) is 13.1. The molecule has 18 heavy (non-hydrogen) atoms. The smallest absolute Gasteiger partial charge is 0.224 e. The van der Waals surface area contributed by atoms with Crippen LogP contribution in [-0.2, 0) is 9.53 Å². The summed E-state index contributed by atoms with van der Waals surface area (Å²) >= 11 is 0. The fourth-order valence-electron chi connectivity index (χ4n) is 2.30. The van der Waals surface area contributed by atoms with E-state index in [1.54, 1.807) is 0 Å². The predicted molar refractivity (Wildman–Crippen MR) is 72.7 cm³/mol. The van der Waals surface area contributed by atoms with Gasteiger partial charge in [-0.1, -0.05) is 12.1 Å². The Bertz CT molecular complexity index is 423. The lowest BCUT2D eigenvalue weighted by atomic mass is 9.96. The molecule has 1 fully saturated rings. The van der Waals surface area contributed by atoms with Crippen molar-refractivity contribution in [2.75, 3.05) is 18.5 Å². The van der Waals surface area contributed by atoms with E-state index < -0.39 is 0 Å². The number of anilines is 1. The maximum atomic E-state index is 12.0. The molecule has 1 aromatic rings. The first-order valence-electron chi connectivity index (χ1n) is 6.60. The summed E-state index contributed by atoms with van der Waals surface area (Å²) in [5.41, 5.74) is 3.30. The second-order valence-electron chi connectivity index (χ2n) is 5.06. The van der Waals surface area contributed by atoms with Crippen molar-refractivity contribution in [3.63, 3.8) is 0 Å². The van der Waals surface area contributed by atoms with Gasteiger partial charge in [-0.25, -0.2) is 0 Å². The predicted octanol–water partition coefficient (Wildman–Crippen LogP) is 3.06. The van der Waals surface area contributed by atoms with Gasteiger partial charge in [-0.3, -0.25) is 4.79 Å². The minimum atomic E-state index is 0.121. The summed E-state index contributed by atoms with van der Waals surface area (Å²) in [6.45, 7) is 5.69. The summed E-state index contributed by atoms with van der Waals surface area (Å²) in [7, 11) is 0. The van der Waals surface area contributed by atoms with Gasteiger partial charge in [0.1, 0.15) is 0 Å². The van der Waals surface area contributed by atoms with Crippen LogP contribution in [0.3, 0.4) is 0 Å². The van der Waals surface area contributed by atoms with Crippen LogP contribution in [0.25, 0.3) is 0 Å². The lowest BCUT2D eigenvalue weighted by Crippen LogP contribution is -2.22. The summed E-state index contributed by atoms with van der Waals surface area (Å²) in [6.07, 6.45) is 2.61. The molecule has 0 saturated carbocycles. The molecule has 3 nitrogen and oxygen atoms in total. The molecule has 98 valence electrons. The topological polar surface area (TPSA) is 38.3 Å². The molecule has 1 heterocycles. The van der Waals surface area contributed by atoms with Crippen LogP contribution in [0, 0.1) is 19.8 Å². The van der Waals surface area contributed by atoms with Gasteiger partial charge in [0.25, 0.3) is 0 Å². The van der Waals surface area contributed by atoms with Crippen molar-refractivity contribution < 1.29 is 9.53 Å². The standard InChI is InChI=1S/C15H21NO2/c1-11-4-3-5-14(12(11)2)16-15(17)10-13-6-8-18-9-7-13/h3-5,13H,6-10H2,1-2H3,(H,16,17). The summed E-state index contributed by atoms with van der Waals surface area (Å²) in [4.78, 5) is 12.0. The molecule has 2 rings (SSSR count).